The van der Waals surface area contributed by atoms with Gasteiger partial charge in [-0.3, -0.25) is 4.79 Å². The van der Waals surface area contributed by atoms with E-state index >= 15 is 0 Å². The standard InChI is InChI=1S/C16H31NO2/c1-11(2)14-7-6-12(3)8-13(14)9-15(18)17-10-16(4,5)19/h11-14,19H,6-10H2,1-5H3,(H,17,18). The highest BCUT2D eigenvalue weighted by atomic mass is 16.3. The molecule has 19 heavy (non-hydrogen) atoms. The molecule has 1 amide bonds. The Morgan fingerprint density at radius 1 is 1.37 bits per heavy atom. The molecule has 0 aromatic heterocycles. The zero-order valence-electron chi connectivity index (χ0n) is 13.2. The second-order valence-electron chi connectivity index (χ2n) is 7.38. The first-order valence-corrected chi connectivity index (χ1v) is 7.68. The Morgan fingerprint density at radius 3 is 2.53 bits per heavy atom. The normalized spacial score (nSPS) is 28.5. The molecule has 0 bridgehead atoms. The summed E-state index contributed by atoms with van der Waals surface area (Å²) in [6.07, 6.45) is 4.33. The molecule has 0 aromatic carbocycles. The van der Waals surface area contributed by atoms with Gasteiger partial charge in [-0.25, -0.2) is 0 Å². The SMILES string of the molecule is CC1CCC(C(C)C)C(CC(=O)NCC(C)(C)O)C1. The minimum Gasteiger partial charge on any atom is -0.389 e. The fourth-order valence-corrected chi connectivity index (χ4v) is 3.26. The molecule has 3 unspecified atom stereocenters. The first-order valence-electron chi connectivity index (χ1n) is 7.68. The summed E-state index contributed by atoms with van der Waals surface area (Å²) in [5, 5.41) is 12.5. The zero-order valence-corrected chi connectivity index (χ0v) is 13.2. The maximum absolute atomic E-state index is 12.0. The van der Waals surface area contributed by atoms with Gasteiger partial charge in [-0.05, 0) is 50.4 Å². The lowest BCUT2D eigenvalue weighted by Crippen LogP contribution is -2.40. The van der Waals surface area contributed by atoms with Crippen molar-refractivity contribution < 1.29 is 9.90 Å². The van der Waals surface area contributed by atoms with Crippen molar-refractivity contribution in [3.63, 3.8) is 0 Å². The lowest BCUT2D eigenvalue weighted by Gasteiger charge is -2.37. The van der Waals surface area contributed by atoms with E-state index in [4.69, 9.17) is 0 Å². The van der Waals surface area contributed by atoms with Gasteiger partial charge in [0.1, 0.15) is 0 Å². The predicted molar refractivity (Wildman–Crippen MR) is 78.8 cm³/mol. The van der Waals surface area contributed by atoms with Gasteiger partial charge in [0, 0.05) is 13.0 Å². The molecule has 2 N–H and O–H groups in total. The van der Waals surface area contributed by atoms with Crippen molar-refractivity contribution in [1.29, 1.82) is 0 Å². The molecule has 0 saturated heterocycles. The Hall–Kier alpha value is -0.570. The molecule has 3 atom stereocenters. The van der Waals surface area contributed by atoms with Gasteiger partial charge in [0.25, 0.3) is 0 Å². The van der Waals surface area contributed by atoms with Crippen molar-refractivity contribution in [2.45, 2.75) is 65.9 Å². The lowest BCUT2D eigenvalue weighted by atomic mass is 9.69. The van der Waals surface area contributed by atoms with Crippen molar-refractivity contribution in [3.8, 4) is 0 Å². The maximum Gasteiger partial charge on any atom is 0.220 e. The highest BCUT2D eigenvalue weighted by Crippen LogP contribution is 2.39. The monoisotopic (exact) mass is 269 g/mol. The quantitative estimate of drug-likeness (QED) is 0.806. The number of hydrogen-bond donors (Lipinski definition) is 2. The molecule has 1 aliphatic carbocycles. The van der Waals surface area contributed by atoms with E-state index in [0.717, 1.165) is 5.92 Å². The number of aliphatic hydroxyl groups is 1. The number of carbonyl (C=O) groups excluding carboxylic acids is 1. The van der Waals surface area contributed by atoms with Crippen molar-refractivity contribution >= 4 is 5.91 Å². The molecule has 0 heterocycles. The molecule has 0 aliphatic heterocycles. The molecule has 0 aromatic rings. The van der Waals surface area contributed by atoms with Gasteiger partial charge in [-0.15, -0.1) is 0 Å². The summed E-state index contributed by atoms with van der Waals surface area (Å²) in [6, 6.07) is 0. The van der Waals surface area contributed by atoms with Crippen LogP contribution in [0, 0.1) is 23.7 Å². The van der Waals surface area contributed by atoms with Crippen LogP contribution in [-0.4, -0.2) is 23.2 Å². The van der Waals surface area contributed by atoms with Gasteiger partial charge >= 0.3 is 0 Å². The van der Waals surface area contributed by atoms with Crippen LogP contribution in [-0.2, 0) is 4.79 Å². The average molecular weight is 269 g/mol. The van der Waals surface area contributed by atoms with E-state index < -0.39 is 5.60 Å². The van der Waals surface area contributed by atoms with Crippen molar-refractivity contribution in [2.24, 2.45) is 23.7 Å². The van der Waals surface area contributed by atoms with E-state index in [0.29, 0.717) is 30.7 Å². The first kappa shape index (κ1) is 16.5. The minimum atomic E-state index is -0.826. The molecular formula is C16H31NO2. The summed E-state index contributed by atoms with van der Waals surface area (Å²) in [7, 11) is 0. The fraction of sp³-hybridized carbons (Fsp3) is 0.938. The van der Waals surface area contributed by atoms with Crippen molar-refractivity contribution in [3.05, 3.63) is 0 Å². The molecule has 1 aliphatic rings. The number of rotatable bonds is 5. The van der Waals surface area contributed by atoms with E-state index in [1.165, 1.54) is 19.3 Å². The average Bonchev–Trinajstić information content (AvgIpc) is 2.25. The Bertz CT molecular complexity index is 294. The molecule has 0 spiro atoms. The van der Waals surface area contributed by atoms with Crippen molar-refractivity contribution in [1.82, 2.24) is 5.32 Å². The Morgan fingerprint density at radius 2 is 2.00 bits per heavy atom. The zero-order chi connectivity index (χ0) is 14.6. The Balaban J connectivity index is 2.49. The van der Waals surface area contributed by atoms with Gasteiger partial charge in [0.05, 0.1) is 5.60 Å². The van der Waals surface area contributed by atoms with Crippen molar-refractivity contribution in [2.75, 3.05) is 6.54 Å². The van der Waals surface area contributed by atoms with Crippen LogP contribution in [0.2, 0.25) is 0 Å². The smallest absolute Gasteiger partial charge is 0.220 e. The number of amides is 1. The van der Waals surface area contributed by atoms with Gasteiger partial charge in [-0.2, -0.15) is 0 Å². The van der Waals surface area contributed by atoms with Crippen LogP contribution in [0.5, 0.6) is 0 Å². The molecule has 1 fully saturated rings. The van der Waals surface area contributed by atoms with Crippen LogP contribution in [0.4, 0.5) is 0 Å². The third-order valence-corrected chi connectivity index (χ3v) is 4.33. The van der Waals surface area contributed by atoms with Gasteiger partial charge in [0.2, 0.25) is 5.91 Å². The molecule has 1 saturated carbocycles. The molecule has 0 radical (unpaired) electrons. The van der Waals surface area contributed by atoms with Crippen LogP contribution in [0.1, 0.15) is 60.3 Å². The third kappa shape index (κ3) is 5.94. The molecule has 1 rings (SSSR count). The van der Waals surface area contributed by atoms with E-state index in [1.54, 1.807) is 13.8 Å². The summed E-state index contributed by atoms with van der Waals surface area (Å²) in [5.41, 5.74) is -0.826. The third-order valence-electron chi connectivity index (χ3n) is 4.33. The highest BCUT2D eigenvalue weighted by molar-refractivity contribution is 5.76. The summed E-state index contributed by atoms with van der Waals surface area (Å²) in [4.78, 5) is 12.0. The first-order chi connectivity index (χ1) is 8.69. The largest absolute Gasteiger partial charge is 0.389 e. The minimum absolute atomic E-state index is 0.0897. The summed E-state index contributed by atoms with van der Waals surface area (Å²) in [5.74, 6) is 2.66. The van der Waals surface area contributed by atoms with Crippen LogP contribution in [0.3, 0.4) is 0 Å². The molecule has 3 heteroatoms. The molecule has 112 valence electrons. The number of nitrogens with one attached hydrogen (secondary N) is 1. The van der Waals surface area contributed by atoms with Crippen LogP contribution in [0.15, 0.2) is 0 Å². The van der Waals surface area contributed by atoms with Crippen LogP contribution < -0.4 is 5.32 Å². The van der Waals surface area contributed by atoms with E-state index in [2.05, 4.69) is 26.1 Å². The number of hydrogen-bond acceptors (Lipinski definition) is 2. The van der Waals surface area contributed by atoms with Gasteiger partial charge in [0.15, 0.2) is 0 Å². The van der Waals surface area contributed by atoms with Crippen LogP contribution in [0.25, 0.3) is 0 Å². The second-order valence-corrected chi connectivity index (χ2v) is 7.38. The predicted octanol–water partition coefficient (Wildman–Crippen LogP) is 2.97. The molecule has 3 nitrogen and oxygen atoms in total. The number of carbonyl (C=O) groups is 1. The second kappa shape index (κ2) is 6.74. The van der Waals surface area contributed by atoms with E-state index in [1.807, 2.05) is 0 Å². The van der Waals surface area contributed by atoms with Crippen LogP contribution >= 0.6 is 0 Å². The fourth-order valence-electron chi connectivity index (χ4n) is 3.26. The molecular weight excluding hydrogens is 238 g/mol. The van der Waals surface area contributed by atoms with E-state index in [9.17, 15) is 9.90 Å². The summed E-state index contributed by atoms with van der Waals surface area (Å²) >= 11 is 0. The van der Waals surface area contributed by atoms with Gasteiger partial charge in [-0.1, -0.05) is 27.2 Å². The van der Waals surface area contributed by atoms with Gasteiger partial charge < -0.3 is 10.4 Å². The lowest BCUT2D eigenvalue weighted by molar-refractivity contribution is -0.124. The Kier molecular flexibility index (Phi) is 5.84. The van der Waals surface area contributed by atoms with E-state index in [-0.39, 0.29) is 5.91 Å². The summed E-state index contributed by atoms with van der Waals surface area (Å²) < 4.78 is 0. The Labute approximate surface area is 118 Å². The topological polar surface area (TPSA) is 49.3 Å². The summed E-state index contributed by atoms with van der Waals surface area (Å²) in [6.45, 7) is 10.6. The highest BCUT2D eigenvalue weighted by Gasteiger charge is 2.32. The maximum atomic E-state index is 12.0.